The third-order valence-corrected chi connectivity index (χ3v) is 4.53. The lowest BCUT2D eigenvalue weighted by Crippen LogP contribution is -2.39. The van der Waals surface area contributed by atoms with Gasteiger partial charge >= 0.3 is 0 Å². The predicted octanol–water partition coefficient (Wildman–Crippen LogP) is 3.74. The van der Waals surface area contributed by atoms with Gasteiger partial charge in [0.25, 0.3) is 0 Å². The number of nitrogens with one attached hydrogen (secondary N) is 1. The molecule has 1 N–H and O–H groups in total. The zero-order valence-corrected chi connectivity index (χ0v) is 12.6. The third-order valence-electron chi connectivity index (χ3n) is 3.61. The molecule has 1 aromatic carbocycles. The Balaban J connectivity index is 2.41. The summed E-state index contributed by atoms with van der Waals surface area (Å²) in [5.41, 5.74) is 1.73. The van der Waals surface area contributed by atoms with E-state index in [1.807, 2.05) is 25.1 Å². The first-order valence-electron chi connectivity index (χ1n) is 6.02. The average molecular weight is 281 g/mol. The van der Waals surface area contributed by atoms with Crippen LogP contribution >= 0.6 is 23.8 Å². The Morgan fingerprint density at radius 1 is 1.39 bits per heavy atom. The first-order valence-corrected chi connectivity index (χ1v) is 6.81. The maximum absolute atomic E-state index is 6.15. The molecule has 1 aliphatic rings. The first kappa shape index (κ1) is 13.5. The number of halogens is 1. The van der Waals surface area contributed by atoms with Crippen molar-refractivity contribution in [3.63, 3.8) is 0 Å². The highest BCUT2D eigenvalue weighted by Crippen LogP contribution is 2.28. The van der Waals surface area contributed by atoms with Gasteiger partial charge in [0, 0.05) is 10.6 Å². The minimum Gasteiger partial charge on any atom is -0.332 e. The Kier molecular flexibility index (Phi) is 3.47. The molecule has 1 aliphatic heterocycles. The van der Waals surface area contributed by atoms with E-state index in [9.17, 15) is 0 Å². The molecule has 0 fully saturated rings. The average Bonchev–Trinajstić information content (AvgIpc) is 2.61. The minimum absolute atomic E-state index is 0.317. The van der Waals surface area contributed by atoms with Crippen LogP contribution in [0.3, 0.4) is 0 Å². The fourth-order valence-corrected chi connectivity index (χ4v) is 2.37. The quantitative estimate of drug-likeness (QED) is 0.835. The van der Waals surface area contributed by atoms with E-state index < -0.39 is 0 Å². The molecule has 18 heavy (non-hydrogen) atoms. The van der Waals surface area contributed by atoms with Gasteiger partial charge in [0.2, 0.25) is 0 Å². The van der Waals surface area contributed by atoms with Gasteiger partial charge in [-0.05, 0) is 31.4 Å². The molecule has 0 aromatic heterocycles. The number of nitrogens with zero attached hydrogens (tertiary/aromatic N) is 1. The van der Waals surface area contributed by atoms with Crippen LogP contribution in [0.2, 0.25) is 5.02 Å². The lowest BCUT2D eigenvalue weighted by Gasteiger charge is -2.24. The van der Waals surface area contributed by atoms with Crippen LogP contribution in [-0.4, -0.2) is 16.4 Å². The van der Waals surface area contributed by atoms with Crippen molar-refractivity contribution < 1.29 is 0 Å². The number of aliphatic imine (C=N–C) groups is 1. The number of hydrogen-bond acceptors (Lipinski definition) is 2. The molecule has 0 bridgehead atoms. The Bertz CT molecular complexity index is 537. The summed E-state index contributed by atoms with van der Waals surface area (Å²) in [4.78, 5) is 5.53. The van der Waals surface area contributed by atoms with Crippen molar-refractivity contribution in [2.45, 2.75) is 33.2 Å². The number of benzene rings is 1. The molecule has 0 saturated heterocycles. The van der Waals surface area contributed by atoms with E-state index in [-0.39, 0.29) is 5.54 Å². The highest BCUT2D eigenvalue weighted by atomic mass is 35.5. The first-order chi connectivity index (χ1) is 8.34. The molecule has 0 saturated carbocycles. The fourth-order valence-electron chi connectivity index (χ4n) is 1.81. The molecular weight excluding hydrogens is 264 g/mol. The summed E-state index contributed by atoms with van der Waals surface area (Å²) in [5.74, 6) is 1.18. The van der Waals surface area contributed by atoms with Gasteiger partial charge in [-0.2, -0.15) is 0 Å². The van der Waals surface area contributed by atoms with E-state index in [0.717, 1.165) is 27.0 Å². The summed E-state index contributed by atoms with van der Waals surface area (Å²) in [7, 11) is 0. The fraction of sp³-hybridized carbons (Fsp3) is 0.429. The topological polar surface area (TPSA) is 24.4 Å². The second-order valence-electron chi connectivity index (χ2n) is 5.18. The molecule has 2 nitrogen and oxygen atoms in total. The zero-order chi connectivity index (χ0) is 13.5. The Hall–Kier alpha value is -0.930. The zero-order valence-electron chi connectivity index (χ0n) is 11.0. The largest absolute Gasteiger partial charge is 0.332 e. The third kappa shape index (κ3) is 2.17. The highest BCUT2D eigenvalue weighted by molar-refractivity contribution is 7.80. The van der Waals surface area contributed by atoms with Crippen LogP contribution in [0.4, 0.5) is 0 Å². The number of thiocarbonyl (C=S) groups is 1. The van der Waals surface area contributed by atoms with Crippen molar-refractivity contribution in [1.29, 1.82) is 0 Å². The molecule has 1 atom stereocenters. The summed E-state index contributed by atoms with van der Waals surface area (Å²) in [6, 6.07) is 5.94. The molecule has 1 unspecified atom stereocenters. The SMILES string of the molecule is Cc1ccc(C2=NC(C)(C(C)C)C(=S)N2)cc1Cl. The Labute approximate surface area is 118 Å². The van der Waals surface area contributed by atoms with Crippen LogP contribution in [0.25, 0.3) is 0 Å². The summed E-state index contributed by atoms with van der Waals surface area (Å²) in [6.07, 6.45) is 0. The molecular formula is C14H17ClN2S. The second kappa shape index (κ2) is 4.63. The predicted molar refractivity (Wildman–Crippen MR) is 81.7 cm³/mol. The van der Waals surface area contributed by atoms with Gasteiger partial charge in [-0.3, -0.25) is 4.99 Å². The second-order valence-corrected chi connectivity index (χ2v) is 6.00. The van der Waals surface area contributed by atoms with Crippen LogP contribution in [0.15, 0.2) is 23.2 Å². The van der Waals surface area contributed by atoms with Crippen LogP contribution < -0.4 is 5.32 Å². The lowest BCUT2D eigenvalue weighted by molar-refractivity contribution is 0.460. The molecule has 1 heterocycles. The van der Waals surface area contributed by atoms with E-state index in [0.29, 0.717) is 5.92 Å². The summed E-state index contributed by atoms with van der Waals surface area (Å²) in [6.45, 7) is 8.31. The minimum atomic E-state index is -0.317. The number of amidine groups is 1. The van der Waals surface area contributed by atoms with Gasteiger partial charge in [-0.25, -0.2) is 0 Å². The van der Waals surface area contributed by atoms with Crippen molar-refractivity contribution in [3.05, 3.63) is 34.3 Å². The van der Waals surface area contributed by atoms with Gasteiger partial charge in [-0.1, -0.05) is 49.8 Å². The van der Waals surface area contributed by atoms with Crippen LogP contribution in [0.5, 0.6) is 0 Å². The maximum Gasteiger partial charge on any atom is 0.134 e. The molecule has 0 radical (unpaired) electrons. The molecule has 4 heteroatoms. The molecule has 0 amide bonds. The van der Waals surface area contributed by atoms with Crippen LogP contribution in [-0.2, 0) is 0 Å². The number of rotatable bonds is 2. The van der Waals surface area contributed by atoms with Crippen molar-refractivity contribution in [1.82, 2.24) is 5.32 Å². The monoisotopic (exact) mass is 280 g/mol. The highest BCUT2D eigenvalue weighted by Gasteiger charge is 2.38. The van der Waals surface area contributed by atoms with E-state index in [1.165, 1.54) is 0 Å². The van der Waals surface area contributed by atoms with Crippen molar-refractivity contribution in [2.75, 3.05) is 0 Å². The van der Waals surface area contributed by atoms with E-state index >= 15 is 0 Å². The van der Waals surface area contributed by atoms with E-state index in [2.05, 4.69) is 26.1 Å². The number of aryl methyl sites for hydroxylation is 1. The van der Waals surface area contributed by atoms with E-state index in [1.54, 1.807) is 0 Å². The molecule has 0 aliphatic carbocycles. The van der Waals surface area contributed by atoms with Crippen molar-refractivity contribution in [3.8, 4) is 0 Å². The Morgan fingerprint density at radius 3 is 2.56 bits per heavy atom. The molecule has 1 aromatic rings. The van der Waals surface area contributed by atoms with Gasteiger partial charge in [0.15, 0.2) is 0 Å². The van der Waals surface area contributed by atoms with Gasteiger partial charge < -0.3 is 5.32 Å². The molecule has 2 rings (SSSR count). The summed E-state index contributed by atoms with van der Waals surface area (Å²) < 4.78 is 0. The van der Waals surface area contributed by atoms with Gasteiger partial charge in [0.1, 0.15) is 16.4 Å². The van der Waals surface area contributed by atoms with Crippen molar-refractivity contribution >= 4 is 34.6 Å². The Morgan fingerprint density at radius 2 is 2.06 bits per heavy atom. The van der Waals surface area contributed by atoms with Crippen LogP contribution in [0, 0.1) is 12.8 Å². The molecule has 0 spiro atoms. The lowest BCUT2D eigenvalue weighted by atomic mass is 9.90. The maximum atomic E-state index is 6.15. The standard InChI is InChI=1S/C14H17ClN2S/c1-8(2)14(4)13(18)16-12(17-14)10-6-5-9(3)11(15)7-10/h5-8H,1-4H3,(H,16,17,18). The van der Waals surface area contributed by atoms with E-state index in [4.69, 9.17) is 28.8 Å². The summed E-state index contributed by atoms with van der Waals surface area (Å²) >= 11 is 11.6. The van der Waals surface area contributed by atoms with Crippen molar-refractivity contribution in [2.24, 2.45) is 10.9 Å². The van der Waals surface area contributed by atoms with Crippen LogP contribution in [0.1, 0.15) is 31.9 Å². The number of hydrogen-bond donors (Lipinski definition) is 1. The molecule has 96 valence electrons. The smallest absolute Gasteiger partial charge is 0.134 e. The summed E-state index contributed by atoms with van der Waals surface area (Å²) in [5, 5.41) is 3.96. The van der Waals surface area contributed by atoms with Gasteiger partial charge in [-0.15, -0.1) is 0 Å². The van der Waals surface area contributed by atoms with Gasteiger partial charge in [0.05, 0.1) is 0 Å². The normalized spacial score (nSPS) is 23.2.